The van der Waals surface area contributed by atoms with Crippen LogP contribution in [0.5, 0.6) is 5.75 Å². The molecule has 1 aromatic carbocycles. The Balaban J connectivity index is 1.77. The zero-order valence-corrected chi connectivity index (χ0v) is 10.8. The number of methoxy groups -OCH3 is 1. The van der Waals surface area contributed by atoms with Gasteiger partial charge in [-0.05, 0) is 17.7 Å². The molecule has 0 aliphatic rings. The summed E-state index contributed by atoms with van der Waals surface area (Å²) in [4.78, 5) is 18.7. The van der Waals surface area contributed by atoms with Gasteiger partial charge in [-0.3, -0.25) is 4.79 Å². The zero-order valence-electron chi connectivity index (χ0n) is 10.8. The Labute approximate surface area is 112 Å². The van der Waals surface area contributed by atoms with Gasteiger partial charge in [0.05, 0.1) is 19.9 Å². The zero-order chi connectivity index (χ0) is 13.5. The number of hydrogen-bond acceptors (Lipinski definition) is 3. The van der Waals surface area contributed by atoms with E-state index in [1.54, 1.807) is 19.6 Å². The van der Waals surface area contributed by atoms with Crippen LogP contribution in [0.1, 0.15) is 11.3 Å². The maximum atomic E-state index is 11.8. The van der Waals surface area contributed by atoms with E-state index in [1.165, 1.54) is 0 Å². The van der Waals surface area contributed by atoms with Crippen molar-refractivity contribution in [3.63, 3.8) is 0 Å². The number of ether oxygens (including phenoxy) is 1. The van der Waals surface area contributed by atoms with E-state index >= 15 is 0 Å². The molecule has 2 N–H and O–H groups in total. The smallest absolute Gasteiger partial charge is 0.224 e. The standard InChI is InChI=1S/C14H17N3O2/c1-19-13-4-2-3-11(7-13)8-14(18)16-6-5-12-9-15-10-17-12/h2-4,7,9-10H,5-6,8H2,1H3,(H,15,17)(H,16,18). The molecule has 1 aromatic heterocycles. The van der Waals surface area contributed by atoms with Crippen LogP contribution in [-0.4, -0.2) is 29.5 Å². The maximum absolute atomic E-state index is 11.8. The molecule has 0 aliphatic carbocycles. The lowest BCUT2D eigenvalue weighted by molar-refractivity contribution is -0.120. The molecule has 0 saturated carbocycles. The molecule has 5 heteroatoms. The Hall–Kier alpha value is -2.30. The van der Waals surface area contributed by atoms with Crippen LogP contribution in [-0.2, 0) is 17.6 Å². The van der Waals surface area contributed by atoms with Crippen molar-refractivity contribution in [2.45, 2.75) is 12.8 Å². The van der Waals surface area contributed by atoms with E-state index in [0.29, 0.717) is 13.0 Å². The molecule has 1 heterocycles. The van der Waals surface area contributed by atoms with Crippen molar-refractivity contribution in [2.24, 2.45) is 0 Å². The van der Waals surface area contributed by atoms with Gasteiger partial charge in [0, 0.05) is 24.9 Å². The minimum Gasteiger partial charge on any atom is -0.497 e. The molecule has 5 nitrogen and oxygen atoms in total. The number of hydrogen-bond donors (Lipinski definition) is 2. The van der Waals surface area contributed by atoms with Crippen LogP contribution < -0.4 is 10.1 Å². The lowest BCUT2D eigenvalue weighted by Gasteiger charge is -2.06. The highest BCUT2D eigenvalue weighted by Crippen LogP contribution is 2.12. The van der Waals surface area contributed by atoms with Crippen molar-refractivity contribution in [2.75, 3.05) is 13.7 Å². The van der Waals surface area contributed by atoms with Gasteiger partial charge in [0.25, 0.3) is 0 Å². The molecule has 0 fully saturated rings. The van der Waals surface area contributed by atoms with Gasteiger partial charge in [0.2, 0.25) is 5.91 Å². The van der Waals surface area contributed by atoms with Crippen LogP contribution >= 0.6 is 0 Å². The van der Waals surface area contributed by atoms with Gasteiger partial charge in [0.15, 0.2) is 0 Å². The van der Waals surface area contributed by atoms with E-state index in [0.717, 1.165) is 23.4 Å². The first-order chi connectivity index (χ1) is 9.28. The number of carbonyl (C=O) groups excluding carboxylic acids is 1. The fraction of sp³-hybridized carbons (Fsp3) is 0.286. The molecule has 0 radical (unpaired) electrons. The van der Waals surface area contributed by atoms with E-state index in [2.05, 4.69) is 15.3 Å². The normalized spacial score (nSPS) is 10.2. The Morgan fingerprint density at radius 1 is 1.47 bits per heavy atom. The lowest BCUT2D eigenvalue weighted by Crippen LogP contribution is -2.27. The van der Waals surface area contributed by atoms with Crippen LogP contribution in [0, 0.1) is 0 Å². The number of benzene rings is 1. The second-order valence-corrected chi connectivity index (χ2v) is 4.21. The van der Waals surface area contributed by atoms with Crippen molar-refractivity contribution < 1.29 is 9.53 Å². The predicted molar refractivity (Wildman–Crippen MR) is 72.0 cm³/mol. The van der Waals surface area contributed by atoms with Gasteiger partial charge < -0.3 is 15.0 Å². The number of aromatic nitrogens is 2. The van der Waals surface area contributed by atoms with E-state index in [4.69, 9.17) is 4.74 Å². The minimum absolute atomic E-state index is 0.00719. The lowest BCUT2D eigenvalue weighted by atomic mass is 10.1. The molecular formula is C14H17N3O2. The van der Waals surface area contributed by atoms with Crippen LogP contribution in [0.25, 0.3) is 0 Å². The number of rotatable bonds is 6. The van der Waals surface area contributed by atoms with Crippen molar-refractivity contribution >= 4 is 5.91 Å². The number of H-pyrrole nitrogens is 1. The first kappa shape index (κ1) is 13.1. The molecule has 0 atom stereocenters. The first-order valence-electron chi connectivity index (χ1n) is 6.15. The average molecular weight is 259 g/mol. The third kappa shape index (κ3) is 4.13. The molecule has 0 unspecified atom stereocenters. The Morgan fingerprint density at radius 2 is 2.37 bits per heavy atom. The molecule has 19 heavy (non-hydrogen) atoms. The van der Waals surface area contributed by atoms with E-state index in [-0.39, 0.29) is 5.91 Å². The number of carbonyl (C=O) groups is 1. The van der Waals surface area contributed by atoms with Gasteiger partial charge in [-0.1, -0.05) is 12.1 Å². The van der Waals surface area contributed by atoms with E-state index in [9.17, 15) is 4.79 Å². The van der Waals surface area contributed by atoms with Gasteiger partial charge >= 0.3 is 0 Å². The Bertz CT molecular complexity index is 523. The Morgan fingerprint density at radius 3 is 3.11 bits per heavy atom. The van der Waals surface area contributed by atoms with Crippen LogP contribution in [0.2, 0.25) is 0 Å². The fourth-order valence-electron chi connectivity index (χ4n) is 1.79. The summed E-state index contributed by atoms with van der Waals surface area (Å²) in [5, 5.41) is 2.88. The fourth-order valence-corrected chi connectivity index (χ4v) is 1.79. The SMILES string of the molecule is COc1cccc(CC(=O)NCCc2cnc[nH]2)c1. The van der Waals surface area contributed by atoms with E-state index in [1.807, 2.05) is 24.3 Å². The number of nitrogens with zero attached hydrogens (tertiary/aromatic N) is 1. The topological polar surface area (TPSA) is 67.0 Å². The second kappa shape index (κ2) is 6.58. The summed E-state index contributed by atoms with van der Waals surface area (Å²) in [7, 11) is 1.61. The summed E-state index contributed by atoms with van der Waals surface area (Å²) in [5.74, 6) is 0.774. The monoisotopic (exact) mass is 259 g/mol. The van der Waals surface area contributed by atoms with E-state index < -0.39 is 0 Å². The molecule has 0 bridgehead atoms. The maximum Gasteiger partial charge on any atom is 0.224 e. The van der Waals surface area contributed by atoms with Crippen molar-refractivity contribution in [1.82, 2.24) is 15.3 Å². The van der Waals surface area contributed by atoms with Crippen molar-refractivity contribution in [1.29, 1.82) is 0 Å². The summed E-state index contributed by atoms with van der Waals surface area (Å²) in [6.07, 6.45) is 4.51. The summed E-state index contributed by atoms with van der Waals surface area (Å²) in [5.41, 5.74) is 1.96. The molecule has 100 valence electrons. The largest absolute Gasteiger partial charge is 0.497 e. The molecule has 0 spiro atoms. The third-order valence-electron chi connectivity index (χ3n) is 2.77. The minimum atomic E-state index is 0.00719. The summed E-state index contributed by atoms with van der Waals surface area (Å²) < 4.78 is 5.12. The number of aromatic amines is 1. The van der Waals surface area contributed by atoms with Gasteiger partial charge in [-0.25, -0.2) is 4.98 Å². The van der Waals surface area contributed by atoms with Crippen LogP contribution in [0.15, 0.2) is 36.8 Å². The first-order valence-corrected chi connectivity index (χ1v) is 6.15. The average Bonchev–Trinajstić information content (AvgIpc) is 2.92. The molecular weight excluding hydrogens is 242 g/mol. The summed E-state index contributed by atoms with van der Waals surface area (Å²) in [6.45, 7) is 0.602. The van der Waals surface area contributed by atoms with Gasteiger partial charge in [-0.2, -0.15) is 0 Å². The van der Waals surface area contributed by atoms with Gasteiger partial charge in [-0.15, -0.1) is 0 Å². The van der Waals surface area contributed by atoms with Crippen LogP contribution in [0.3, 0.4) is 0 Å². The highest BCUT2D eigenvalue weighted by atomic mass is 16.5. The predicted octanol–water partition coefficient (Wildman–Crippen LogP) is 1.32. The van der Waals surface area contributed by atoms with Crippen molar-refractivity contribution in [3.8, 4) is 5.75 Å². The highest BCUT2D eigenvalue weighted by Gasteiger charge is 2.04. The molecule has 1 amide bonds. The molecule has 2 aromatic rings. The quantitative estimate of drug-likeness (QED) is 0.822. The third-order valence-corrected chi connectivity index (χ3v) is 2.77. The van der Waals surface area contributed by atoms with Crippen LogP contribution in [0.4, 0.5) is 0 Å². The second-order valence-electron chi connectivity index (χ2n) is 4.21. The number of nitrogens with one attached hydrogen (secondary N) is 2. The van der Waals surface area contributed by atoms with Crippen molar-refractivity contribution in [3.05, 3.63) is 48.0 Å². The van der Waals surface area contributed by atoms with Gasteiger partial charge in [0.1, 0.15) is 5.75 Å². The number of amides is 1. The Kier molecular flexibility index (Phi) is 4.55. The molecule has 0 saturated heterocycles. The molecule has 0 aliphatic heterocycles. The summed E-state index contributed by atoms with van der Waals surface area (Å²) >= 11 is 0. The highest BCUT2D eigenvalue weighted by molar-refractivity contribution is 5.78. The summed E-state index contributed by atoms with van der Waals surface area (Å²) in [6, 6.07) is 7.52. The molecule has 2 rings (SSSR count). The number of imidazole rings is 1.